The molecule has 0 bridgehead atoms. The molecule has 0 amide bonds. The Bertz CT molecular complexity index is 600. The van der Waals surface area contributed by atoms with Crippen molar-refractivity contribution in [3.8, 4) is 0 Å². The van der Waals surface area contributed by atoms with Gasteiger partial charge in [-0.3, -0.25) is 0 Å². The fraction of sp³-hybridized carbons (Fsp3) is 0.889. The van der Waals surface area contributed by atoms with Crippen LogP contribution >= 0.6 is 11.6 Å². The average molecular weight is 463 g/mol. The standard InChI is InChI=1S/C27H47ClN4/c28-26-30-25(23-19-15-11-7-3-1-4-8-12-16-20-23)31-27(32-26)29-24-21-17-13-9-5-2-6-10-14-18-22-24/h23-24H,1-22H2,(H,29,30,31,32). The van der Waals surface area contributed by atoms with Crippen molar-refractivity contribution in [1.29, 1.82) is 0 Å². The first-order valence-corrected chi connectivity index (χ1v) is 14.4. The quantitative estimate of drug-likeness (QED) is 0.486. The molecule has 0 radical (unpaired) electrons. The second-order valence-corrected chi connectivity index (χ2v) is 10.7. The Morgan fingerprint density at radius 1 is 0.500 bits per heavy atom. The van der Waals surface area contributed by atoms with Gasteiger partial charge >= 0.3 is 0 Å². The second kappa shape index (κ2) is 15.9. The lowest BCUT2D eigenvalue weighted by Crippen LogP contribution is -2.22. The van der Waals surface area contributed by atoms with Crippen molar-refractivity contribution in [2.24, 2.45) is 0 Å². The minimum Gasteiger partial charge on any atom is -0.351 e. The summed E-state index contributed by atoms with van der Waals surface area (Å²) in [7, 11) is 0. The lowest BCUT2D eigenvalue weighted by Gasteiger charge is -2.21. The highest BCUT2D eigenvalue weighted by Gasteiger charge is 2.19. The fourth-order valence-corrected chi connectivity index (χ4v) is 5.69. The molecule has 1 heterocycles. The molecule has 0 atom stereocenters. The Morgan fingerprint density at radius 2 is 0.906 bits per heavy atom. The van der Waals surface area contributed by atoms with Crippen molar-refractivity contribution in [3.05, 3.63) is 11.1 Å². The molecule has 4 nitrogen and oxygen atoms in total. The molecule has 0 saturated heterocycles. The van der Waals surface area contributed by atoms with E-state index in [4.69, 9.17) is 16.6 Å². The highest BCUT2D eigenvalue weighted by atomic mass is 35.5. The van der Waals surface area contributed by atoms with Crippen LogP contribution in [-0.4, -0.2) is 21.0 Å². The number of aromatic nitrogens is 3. The molecule has 1 aromatic heterocycles. The lowest BCUT2D eigenvalue weighted by molar-refractivity contribution is 0.454. The summed E-state index contributed by atoms with van der Waals surface area (Å²) < 4.78 is 0. The van der Waals surface area contributed by atoms with Crippen LogP contribution in [0.2, 0.25) is 5.28 Å². The van der Waals surface area contributed by atoms with Crippen molar-refractivity contribution in [2.45, 2.75) is 153 Å². The van der Waals surface area contributed by atoms with Crippen molar-refractivity contribution in [3.63, 3.8) is 0 Å². The van der Waals surface area contributed by atoms with Gasteiger partial charge in [-0.25, -0.2) is 4.98 Å². The normalized spacial score (nSPS) is 22.7. The number of hydrogen-bond acceptors (Lipinski definition) is 4. The molecule has 2 aliphatic rings. The van der Waals surface area contributed by atoms with Crippen LogP contribution in [0, 0.1) is 0 Å². The minimum atomic E-state index is 0.358. The summed E-state index contributed by atoms with van der Waals surface area (Å²) in [4.78, 5) is 14.0. The second-order valence-electron chi connectivity index (χ2n) is 10.3. The summed E-state index contributed by atoms with van der Waals surface area (Å²) >= 11 is 6.41. The predicted molar refractivity (Wildman–Crippen MR) is 137 cm³/mol. The van der Waals surface area contributed by atoms with Gasteiger partial charge in [-0.15, -0.1) is 0 Å². The highest BCUT2D eigenvalue weighted by molar-refractivity contribution is 6.28. The third-order valence-corrected chi connectivity index (χ3v) is 7.70. The first kappa shape index (κ1) is 25.7. The van der Waals surface area contributed by atoms with Crippen LogP contribution in [-0.2, 0) is 0 Å². The maximum absolute atomic E-state index is 6.41. The van der Waals surface area contributed by atoms with E-state index in [0.29, 0.717) is 23.2 Å². The number of nitrogens with one attached hydrogen (secondary N) is 1. The largest absolute Gasteiger partial charge is 0.351 e. The van der Waals surface area contributed by atoms with Crippen molar-refractivity contribution in [2.75, 3.05) is 5.32 Å². The van der Waals surface area contributed by atoms with E-state index in [1.54, 1.807) is 0 Å². The van der Waals surface area contributed by atoms with E-state index in [0.717, 1.165) is 5.82 Å². The van der Waals surface area contributed by atoms with Crippen molar-refractivity contribution >= 4 is 17.5 Å². The van der Waals surface area contributed by atoms with E-state index in [9.17, 15) is 0 Å². The van der Waals surface area contributed by atoms with E-state index in [-0.39, 0.29) is 0 Å². The Balaban J connectivity index is 1.62. The summed E-state index contributed by atoms with van der Waals surface area (Å²) in [5.74, 6) is 2.06. The van der Waals surface area contributed by atoms with E-state index in [1.807, 2.05) is 0 Å². The SMILES string of the molecule is Clc1nc(NC2CCCCCCCCCCC2)nc(C2CCCCCCCCCCC2)n1. The van der Waals surface area contributed by atoms with Gasteiger partial charge in [-0.1, -0.05) is 116 Å². The van der Waals surface area contributed by atoms with Crippen molar-refractivity contribution in [1.82, 2.24) is 15.0 Å². The number of hydrogen-bond donors (Lipinski definition) is 1. The van der Waals surface area contributed by atoms with Gasteiger partial charge in [0.15, 0.2) is 0 Å². The Labute approximate surface area is 202 Å². The zero-order valence-electron chi connectivity index (χ0n) is 20.4. The van der Waals surface area contributed by atoms with Gasteiger partial charge in [0, 0.05) is 12.0 Å². The van der Waals surface area contributed by atoms with E-state index in [1.165, 1.54) is 141 Å². The molecule has 0 spiro atoms. The molecule has 2 fully saturated rings. The molecule has 3 rings (SSSR count). The van der Waals surface area contributed by atoms with Crippen LogP contribution in [0.3, 0.4) is 0 Å². The molecule has 32 heavy (non-hydrogen) atoms. The molecule has 182 valence electrons. The molecule has 2 saturated carbocycles. The summed E-state index contributed by atoms with van der Waals surface area (Å²) in [5, 5.41) is 4.03. The molecular weight excluding hydrogens is 416 g/mol. The van der Waals surface area contributed by atoms with Gasteiger partial charge in [-0.05, 0) is 37.3 Å². The molecule has 5 heteroatoms. The van der Waals surface area contributed by atoms with Gasteiger partial charge in [-0.2, -0.15) is 9.97 Å². The molecule has 1 aromatic rings. The molecule has 0 unspecified atom stereocenters. The molecular formula is C27H47ClN4. The van der Waals surface area contributed by atoms with Gasteiger partial charge in [0.2, 0.25) is 11.2 Å². The molecule has 1 N–H and O–H groups in total. The summed E-state index contributed by atoms with van der Waals surface area (Å²) in [6, 6.07) is 0.456. The van der Waals surface area contributed by atoms with Gasteiger partial charge < -0.3 is 5.32 Å². The van der Waals surface area contributed by atoms with Crippen LogP contribution in [0.5, 0.6) is 0 Å². The first-order valence-electron chi connectivity index (χ1n) is 14.0. The first-order chi connectivity index (χ1) is 15.8. The lowest BCUT2D eigenvalue weighted by atomic mass is 9.92. The fourth-order valence-electron chi connectivity index (χ4n) is 5.52. The number of anilines is 1. The number of nitrogens with zero attached hydrogens (tertiary/aromatic N) is 3. The Morgan fingerprint density at radius 3 is 1.38 bits per heavy atom. The number of rotatable bonds is 3. The van der Waals surface area contributed by atoms with Crippen LogP contribution in [0.4, 0.5) is 5.95 Å². The third kappa shape index (κ3) is 10.4. The highest BCUT2D eigenvalue weighted by Crippen LogP contribution is 2.29. The summed E-state index contributed by atoms with van der Waals surface area (Å²) in [6.07, 6.45) is 29.3. The summed E-state index contributed by atoms with van der Waals surface area (Å²) in [6.45, 7) is 0. The molecule has 0 aromatic carbocycles. The van der Waals surface area contributed by atoms with E-state index >= 15 is 0 Å². The van der Waals surface area contributed by atoms with E-state index < -0.39 is 0 Å². The topological polar surface area (TPSA) is 50.7 Å². The maximum Gasteiger partial charge on any atom is 0.227 e. The monoisotopic (exact) mass is 462 g/mol. The van der Waals surface area contributed by atoms with Gasteiger partial charge in [0.05, 0.1) is 0 Å². The zero-order valence-corrected chi connectivity index (χ0v) is 21.2. The molecule has 2 aliphatic carbocycles. The van der Waals surface area contributed by atoms with Gasteiger partial charge in [0.25, 0.3) is 0 Å². The van der Waals surface area contributed by atoms with Crippen LogP contribution < -0.4 is 5.32 Å². The minimum absolute atomic E-state index is 0.358. The Kier molecular flexibility index (Phi) is 12.7. The Hall–Kier alpha value is -0.900. The van der Waals surface area contributed by atoms with E-state index in [2.05, 4.69) is 15.3 Å². The summed E-state index contributed by atoms with van der Waals surface area (Å²) in [5.41, 5.74) is 0. The zero-order chi connectivity index (χ0) is 22.3. The number of halogens is 1. The third-order valence-electron chi connectivity index (χ3n) is 7.53. The average Bonchev–Trinajstić information content (AvgIpc) is 2.76. The molecule has 0 aliphatic heterocycles. The van der Waals surface area contributed by atoms with Crippen LogP contribution in [0.25, 0.3) is 0 Å². The van der Waals surface area contributed by atoms with Crippen LogP contribution in [0.15, 0.2) is 0 Å². The smallest absolute Gasteiger partial charge is 0.227 e. The predicted octanol–water partition coefficient (Wildman–Crippen LogP) is 9.00. The maximum atomic E-state index is 6.41. The van der Waals surface area contributed by atoms with Crippen LogP contribution in [0.1, 0.15) is 153 Å². The van der Waals surface area contributed by atoms with Crippen molar-refractivity contribution < 1.29 is 0 Å². The van der Waals surface area contributed by atoms with Gasteiger partial charge in [0.1, 0.15) is 5.82 Å².